The smallest absolute Gasteiger partial charge is 0.138 e. The number of anilines is 3. The zero-order chi connectivity index (χ0) is 38.5. The SMILES string of the molecule is CC1(C)c2ccccc2-c2ccc(-c3c4c(cc5c3c3ccccc3n5-c3ccc(N(c5ccccc5)c5cccc6ccccc56)cc3)oc3ccccc34)cc21. The van der Waals surface area contributed by atoms with Gasteiger partial charge in [0.1, 0.15) is 11.2 Å². The second kappa shape index (κ2) is 12.3. The number of rotatable bonds is 5. The molecule has 0 aliphatic heterocycles. The van der Waals surface area contributed by atoms with Gasteiger partial charge in [-0.1, -0.05) is 141 Å². The van der Waals surface area contributed by atoms with E-state index in [0.29, 0.717) is 0 Å². The third-order valence-electron chi connectivity index (χ3n) is 12.6. The molecule has 2 aromatic heterocycles. The molecule has 1 aliphatic rings. The number of para-hydroxylation sites is 3. The van der Waals surface area contributed by atoms with Gasteiger partial charge in [0.25, 0.3) is 0 Å². The Morgan fingerprint density at radius 1 is 0.466 bits per heavy atom. The van der Waals surface area contributed by atoms with Crippen molar-refractivity contribution in [1.82, 2.24) is 4.57 Å². The molecule has 0 atom stereocenters. The summed E-state index contributed by atoms with van der Waals surface area (Å²) in [6.45, 7) is 4.72. The van der Waals surface area contributed by atoms with Crippen molar-refractivity contribution in [3.63, 3.8) is 0 Å². The molecule has 3 heteroatoms. The lowest BCUT2D eigenvalue weighted by Gasteiger charge is -2.27. The van der Waals surface area contributed by atoms with Crippen LogP contribution >= 0.6 is 0 Å². The minimum atomic E-state index is -0.122. The molecule has 274 valence electrons. The molecule has 0 saturated carbocycles. The molecule has 9 aromatic carbocycles. The maximum Gasteiger partial charge on any atom is 0.138 e. The summed E-state index contributed by atoms with van der Waals surface area (Å²) in [6, 6.07) is 70.5. The topological polar surface area (TPSA) is 21.3 Å². The Balaban J connectivity index is 1.10. The Morgan fingerprint density at radius 2 is 1.14 bits per heavy atom. The van der Waals surface area contributed by atoms with Crippen LogP contribution in [0, 0.1) is 0 Å². The zero-order valence-corrected chi connectivity index (χ0v) is 32.3. The lowest BCUT2D eigenvalue weighted by molar-refractivity contribution is 0.660. The third-order valence-corrected chi connectivity index (χ3v) is 12.6. The molecule has 0 fully saturated rings. The lowest BCUT2D eigenvalue weighted by Crippen LogP contribution is -2.14. The average molecular weight is 743 g/mol. The molecule has 11 aromatic rings. The quantitative estimate of drug-likeness (QED) is 0.175. The molecule has 0 amide bonds. The van der Waals surface area contributed by atoms with E-state index in [-0.39, 0.29) is 5.41 Å². The van der Waals surface area contributed by atoms with Crippen molar-refractivity contribution in [3.05, 3.63) is 205 Å². The van der Waals surface area contributed by atoms with Crippen LogP contribution in [0.25, 0.3) is 82.5 Å². The molecule has 0 spiro atoms. The van der Waals surface area contributed by atoms with Gasteiger partial charge in [-0.2, -0.15) is 0 Å². The van der Waals surface area contributed by atoms with Crippen molar-refractivity contribution < 1.29 is 4.42 Å². The number of nitrogens with zero attached hydrogens (tertiary/aromatic N) is 2. The first-order valence-corrected chi connectivity index (χ1v) is 20.1. The fraction of sp³-hybridized carbons (Fsp3) is 0.0545. The molecule has 0 bridgehead atoms. The van der Waals surface area contributed by atoms with Crippen molar-refractivity contribution in [2.24, 2.45) is 0 Å². The highest BCUT2D eigenvalue weighted by Crippen LogP contribution is 2.52. The van der Waals surface area contributed by atoms with Gasteiger partial charge in [-0.25, -0.2) is 0 Å². The van der Waals surface area contributed by atoms with Gasteiger partial charge in [0, 0.05) is 61.0 Å². The number of aromatic nitrogens is 1. The lowest BCUT2D eigenvalue weighted by atomic mass is 9.81. The summed E-state index contributed by atoms with van der Waals surface area (Å²) in [5, 5.41) is 7.16. The van der Waals surface area contributed by atoms with Crippen LogP contribution in [-0.4, -0.2) is 4.57 Å². The first kappa shape index (κ1) is 32.8. The molecular weight excluding hydrogens is 705 g/mol. The summed E-state index contributed by atoms with van der Waals surface area (Å²) in [7, 11) is 0. The second-order valence-electron chi connectivity index (χ2n) is 16.1. The monoisotopic (exact) mass is 742 g/mol. The predicted molar refractivity (Wildman–Crippen MR) is 243 cm³/mol. The Labute approximate surface area is 336 Å². The maximum atomic E-state index is 6.76. The third kappa shape index (κ3) is 4.68. The highest BCUT2D eigenvalue weighted by Gasteiger charge is 2.36. The van der Waals surface area contributed by atoms with Gasteiger partial charge < -0.3 is 13.9 Å². The van der Waals surface area contributed by atoms with Crippen molar-refractivity contribution in [2.45, 2.75) is 19.3 Å². The van der Waals surface area contributed by atoms with E-state index in [1.807, 2.05) is 0 Å². The number of benzene rings is 9. The van der Waals surface area contributed by atoms with Crippen molar-refractivity contribution in [2.75, 3.05) is 4.90 Å². The van der Waals surface area contributed by atoms with Crippen LogP contribution in [-0.2, 0) is 5.41 Å². The Kier molecular flexibility index (Phi) is 6.98. The van der Waals surface area contributed by atoms with E-state index in [0.717, 1.165) is 55.7 Å². The largest absolute Gasteiger partial charge is 0.456 e. The van der Waals surface area contributed by atoms with Crippen LogP contribution in [0.1, 0.15) is 25.0 Å². The molecular formula is C55H38N2O. The van der Waals surface area contributed by atoms with Crippen molar-refractivity contribution in [1.29, 1.82) is 0 Å². The van der Waals surface area contributed by atoms with Crippen LogP contribution in [0.15, 0.2) is 199 Å². The summed E-state index contributed by atoms with van der Waals surface area (Å²) < 4.78 is 9.18. The number of hydrogen-bond acceptors (Lipinski definition) is 2. The molecule has 3 nitrogen and oxygen atoms in total. The van der Waals surface area contributed by atoms with Crippen LogP contribution < -0.4 is 4.90 Å². The zero-order valence-electron chi connectivity index (χ0n) is 32.3. The second-order valence-corrected chi connectivity index (χ2v) is 16.1. The molecule has 58 heavy (non-hydrogen) atoms. The fourth-order valence-corrected chi connectivity index (χ4v) is 9.92. The Hall–Kier alpha value is -7.36. The first-order chi connectivity index (χ1) is 28.5. The van der Waals surface area contributed by atoms with E-state index in [1.54, 1.807) is 0 Å². The minimum Gasteiger partial charge on any atom is -0.456 e. The van der Waals surface area contributed by atoms with Crippen LogP contribution in [0.5, 0.6) is 0 Å². The molecule has 0 saturated heterocycles. The van der Waals surface area contributed by atoms with Crippen molar-refractivity contribution in [3.8, 4) is 27.9 Å². The Morgan fingerprint density at radius 3 is 2.00 bits per heavy atom. The minimum absolute atomic E-state index is 0.122. The maximum absolute atomic E-state index is 6.76. The molecule has 1 aliphatic carbocycles. The van der Waals surface area contributed by atoms with E-state index in [9.17, 15) is 0 Å². The normalized spacial score (nSPS) is 13.1. The first-order valence-electron chi connectivity index (χ1n) is 20.1. The average Bonchev–Trinajstić information content (AvgIpc) is 3.89. The van der Waals surface area contributed by atoms with Crippen LogP contribution in [0.4, 0.5) is 17.1 Å². The summed E-state index contributed by atoms with van der Waals surface area (Å²) in [5.74, 6) is 0. The summed E-state index contributed by atoms with van der Waals surface area (Å²) in [5.41, 5.74) is 16.2. The van der Waals surface area contributed by atoms with Crippen LogP contribution in [0.2, 0.25) is 0 Å². The summed E-state index contributed by atoms with van der Waals surface area (Å²) in [6.07, 6.45) is 0. The fourth-order valence-electron chi connectivity index (χ4n) is 9.92. The Bertz CT molecular complexity index is 3420. The molecule has 0 radical (unpaired) electrons. The van der Waals surface area contributed by atoms with Gasteiger partial charge >= 0.3 is 0 Å². The number of hydrogen-bond donors (Lipinski definition) is 0. The molecule has 0 unspecified atom stereocenters. The van der Waals surface area contributed by atoms with Gasteiger partial charge in [-0.15, -0.1) is 0 Å². The standard InChI is InChI=1S/C55H38N2O/c1-55(2)45-23-11-8-20-41(45)42-32-27-36(33-46(42)55)52-53-43-21-9-12-24-48(43)57(49(53)34-51-54(52)44-22-10-13-26-50(44)58-51)39-30-28-38(29-31-39)56(37-17-4-3-5-18-37)47-25-14-16-35-15-6-7-19-40(35)47/h3-34H,1-2H3. The highest BCUT2D eigenvalue weighted by molar-refractivity contribution is 6.27. The van der Waals surface area contributed by atoms with E-state index in [1.165, 1.54) is 54.9 Å². The highest BCUT2D eigenvalue weighted by atomic mass is 16.3. The molecule has 0 N–H and O–H groups in total. The van der Waals surface area contributed by atoms with E-state index < -0.39 is 0 Å². The van der Waals surface area contributed by atoms with Gasteiger partial charge in [-0.3, -0.25) is 0 Å². The van der Waals surface area contributed by atoms with Gasteiger partial charge in [-0.05, 0) is 93.9 Å². The van der Waals surface area contributed by atoms with E-state index >= 15 is 0 Å². The van der Waals surface area contributed by atoms with Gasteiger partial charge in [0.15, 0.2) is 0 Å². The summed E-state index contributed by atoms with van der Waals surface area (Å²) >= 11 is 0. The molecule has 12 rings (SSSR count). The van der Waals surface area contributed by atoms with Gasteiger partial charge in [0.05, 0.1) is 16.7 Å². The van der Waals surface area contributed by atoms with E-state index in [2.05, 4.69) is 217 Å². The van der Waals surface area contributed by atoms with Crippen molar-refractivity contribution >= 4 is 71.6 Å². The number of fused-ring (bicyclic) bond motifs is 10. The van der Waals surface area contributed by atoms with Crippen LogP contribution in [0.3, 0.4) is 0 Å². The molecule has 2 heterocycles. The summed E-state index contributed by atoms with van der Waals surface area (Å²) in [4.78, 5) is 2.36. The van der Waals surface area contributed by atoms with Gasteiger partial charge in [0.2, 0.25) is 0 Å². The van der Waals surface area contributed by atoms with E-state index in [4.69, 9.17) is 4.42 Å². The predicted octanol–water partition coefficient (Wildman–Crippen LogP) is 15.3. The number of furan rings is 1.